The highest BCUT2D eigenvalue weighted by Crippen LogP contribution is 2.04. The lowest BCUT2D eigenvalue weighted by Crippen LogP contribution is -2.56. The van der Waals surface area contributed by atoms with Gasteiger partial charge < -0.3 is 41.5 Å². The van der Waals surface area contributed by atoms with E-state index in [1.807, 2.05) is 0 Å². The maximum absolute atomic E-state index is 13.1. The number of rotatable bonds is 14. The second-order valence-corrected chi connectivity index (χ2v) is 8.61. The molecule has 208 valence electrons. The van der Waals surface area contributed by atoms with Crippen LogP contribution in [0.5, 0.6) is 0 Å². The molecule has 8 N–H and O–H groups in total. The summed E-state index contributed by atoms with van der Waals surface area (Å²) in [6.45, 7) is 0.826. The minimum absolute atomic E-state index is 0.0384. The fraction of sp³-hybridized carbons (Fsp3) is 0.391. The maximum atomic E-state index is 13.1. The summed E-state index contributed by atoms with van der Waals surface area (Å²) in [6, 6.07) is -3.00. The van der Waals surface area contributed by atoms with Crippen molar-refractivity contribution in [2.24, 2.45) is 0 Å². The van der Waals surface area contributed by atoms with Gasteiger partial charge in [0.25, 0.3) is 0 Å². The van der Waals surface area contributed by atoms with E-state index in [1.54, 1.807) is 0 Å². The van der Waals surface area contributed by atoms with E-state index in [4.69, 9.17) is 0 Å². The lowest BCUT2D eigenvalue weighted by atomic mass is 10.1. The van der Waals surface area contributed by atoms with Gasteiger partial charge in [0.05, 0.1) is 25.5 Å². The predicted octanol–water partition coefficient (Wildman–Crippen LogP) is -2.78. The van der Waals surface area contributed by atoms with Crippen LogP contribution in [-0.2, 0) is 43.2 Å². The lowest BCUT2D eigenvalue weighted by molar-refractivity contribution is -0.132. The number of likely N-dealkylation sites (N-methyl/N-ethyl adjacent to an activating group) is 1. The largest absolute Gasteiger partial charge is 0.357 e. The molecule has 0 aromatic carbocycles. The van der Waals surface area contributed by atoms with Gasteiger partial charge in [-0.1, -0.05) is 0 Å². The van der Waals surface area contributed by atoms with Gasteiger partial charge in [0.2, 0.25) is 29.5 Å². The van der Waals surface area contributed by atoms with Gasteiger partial charge in [0, 0.05) is 68.9 Å². The Morgan fingerprint density at radius 1 is 0.692 bits per heavy atom. The van der Waals surface area contributed by atoms with Crippen LogP contribution in [0.2, 0.25) is 0 Å². The van der Waals surface area contributed by atoms with Crippen LogP contribution >= 0.6 is 0 Å². The van der Waals surface area contributed by atoms with Crippen molar-refractivity contribution in [3.05, 3.63) is 54.7 Å². The molecule has 16 heteroatoms. The Morgan fingerprint density at radius 2 is 1.15 bits per heavy atom. The maximum Gasteiger partial charge on any atom is 0.243 e. The van der Waals surface area contributed by atoms with Crippen molar-refractivity contribution in [1.82, 2.24) is 56.5 Å². The predicted molar refractivity (Wildman–Crippen MR) is 135 cm³/mol. The number of nitrogens with one attached hydrogen (secondary N) is 8. The summed E-state index contributed by atoms with van der Waals surface area (Å²) in [4.78, 5) is 83.0. The van der Waals surface area contributed by atoms with Gasteiger partial charge in [-0.25, -0.2) is 15.0 Å². The molecule has 3 rings (SSSR count). The molecule has 0 spiro atoms. The molecule has 0 saturated heterocycles. The molecule has 0 aliphatic carbocycles. The summed E-state index contributed by atoms with van der Waals surface area (Å²) < 4.78 is 0. The molecule has 16 nitrogen and oxygen atoms in total. The van der Waals surface area contributed by atoms with Gasteiger partial charge in [-0.15, -0.1) is 0 Å². The molecule has 0 bridgehead atoms. The second-order valence-electron chi connectivity index (χ2n) is 8.61. The SMILES string of the molecule is CNC(=O)[C@H](Cc1cnc[nH]1)NC(=O)CNC(=O)[C@H](Cc1cnc[nH]1)NC(=O)[C@@H](Cc1cnc[nH]1)NC(C)=O. The molecule has 0 fully saturated rings. The van der Waals surface area contributed by atoms with Crippen molar-refractivity contribution in [1.29, 1.82) is 0 Å². The van der Waals surface area contributed by atoms with Gasteiger partial charge in [-0.2, -0.15) is 0 Å². The van der Waals surface area contributed by atoms with Crippen LogP contribution in [0.4, 0.5) is 0 Å². The minimum atomic E-state index is -1.11. The molecule has 5 amide bonds. The van der Waals surface area contributed by atoms with Crippen molar-refractivity contribution < 1.29 is 24.0 Å². The van der Waals surface area contributed by atoms with E-state index in [0.29, 0.717) is 17.1 Å². The number of hydrogen-bond acceptors (Lipinski definition) is 8. The summed E-state index contributed by atoms with van der Waals surface area (Å²) in [5.41, 5.74) is 1.80. The summed E-state index contributed by atoms with van der Waals surface area (Å²) >= 11 is 0. The lowest BCUT2D eigenvalue weighted by Gasteiger charge is -2.22. The van der Waals surface area contributed by atoms with Gasteiger partial charge >= 0.3 is 0 Å². The van der Waals surface area contributed by atoms with Crippen molar-refractivity contribution in [2.75, 3.05) is 13.6 Å². The molecule has 39 heavy (non-hydrogen) atoms. The van der Waals surface area contributed by atoms with Crippen molar-refractivity contribution in [3.63, 3.8) is 0 Å². The number of hydrogen-bond donors (Lipinski definition) is 8. The van der Waals surface area contributed by atoms with Crippen LogP contribution in [0.15, 0.2) is 37.6 Å². The van der Waals surface area contributed by atoms with Gasteiger partial charge in [-0.3, -0.25) is 24.0 Å². The molecule has 3 atom stereocenters. The summed E-state index contributed by atoms with van der Waals surface area (Å²) in [5.74, 6) is -2.72. The zero-order valence-electron chi connectivity index (χ0n) is 21.4. The van der Waals surface area contributed by atoms with Gasteiger partial charge in [0.15, 0.2) is 0 Å². The fourth-order valence-electron chi connectivity index (χ4n) is 3.70. The van der Waals surface area contributed by atoms with Crippen LogP contribution in [-0.4, -0.2) is 91.2 Å². The Labute approximate surface area is 222 Å². The smallest absolute Gasteiger partial charge is 0.243 e. The monoisotopic (exact) mass is 541 g/mol. The Bertz CT molecular complexity index is 1230. The van der Waals surface area contributed by atoms with E-state index in [9.17, 15) is 24.0 Å². The van der Waals surface area contributed by atoms with E-state index < -0.39 is 54.2 Å². The molecule has 0 radical (unpaired) electrons. The first-order chi connectivity index (χ1) is 18.7. The molecule has 3 heterocycles. The van der Waals surface area contributed by atoms with Crippen molar-refractivity contribution in [2.45, 2.75) is 44.3 Å². The van der Waals surface area contributed by atoms with Crippen LogP contribution in [0.1, 0.15) is 24.0 Å². The standard InChI is InChI=1S/C23H31N11O5/c1-13(35)32-19(5-16-8-27-12-31-16)23(39)34-18(4-15-7-26-11-30-15)22(38)28-9-20(36)33-17(21(37)24-2)3-14-6-25-10-29-14/h6-8,10-12,17-19H,3-5,9H2,1-2H3,(H,24,37)(H,25,29)(H,26,30)(H,27,31)(H,28,38)(H,32,35)(H,33,36)(H,34,39)/t17-,18-,19+/m0/s1. The minimum Gasteiger partial charge on any atom is -0.357 e. The quantitative estimate of drug-likeness (QED) is 0.106. The third-order valence-electron chi connectivity index (χ3n) is 5.58. The Balaban J connectivity index is 1.64. The normalized spacial score (nSPS) is 13.0. The number of carbonyl (C=O) groups excluding carboxylic acids is 5. The fourth-order valence-corrected chi connectivity index (χ4v) is 3.70. The first kappa shape index (κ1) is 28.5. The summed E-state index contributed by atoms with van der Waals surface area (Å²) in [6.07, 6.45) is 9.20. The molecule has 0 aliphatic rings. The first-order valence-corrected chi connectivity index (χ1v) is 12.0. The Kier molecular flexibility index (Phi) is 10.3. The molecule has 0 unspecified atom stereocenters. The van der Waals surface area contributed by atoms with Crippen LogP contribution in [0.3, 0.4) is 0 Å². The molecule has 0 aliphatic heterocycles. The highest BCUT2D eigenvalue weighted by Gasteiger charge is 2.28. The number of imidazole rings is 3. The first-order valence-electron chi connectivity index (χ1n) is 12.0. The highest BCUT2D eigenvalue weighted by atomic mass is 16.2. The van der Waals surface area contributed by atoms with Crippen LogP contribution in [0, 0.1) is 0 Å². The average Bonchev–Trinajstić information content (AvgIpc) is 3.70. The summed E-state index contributed by atoms with van der Waals surface area (Å²) in [7, 11) is 1.44. The van der Waals surface area contributed by atoms with E-state index in [1.165, 1.54) is 51.5 Å². The second kappa shape index (κ2) is 14.1. The Morgan fingerprint density at radius 3 is 1.56 bits per heavy atom. The number of amides is 5. The number of nitrogens with zero attached hydrogens (tertiary/aromatic N) is 3. The zero-order chi connectivity index (χ0) is 28.2. The van der Waals surface area contributed by atoms with Crippen molar-refractivity contribution in [3.8, 4) is 0 Å². The molecular weight excluding hydrogens is 510 g/mol. The van der Waals surface area contributed by atoms with Gasteiger partial charge in [0.1, 0.15) is 18.1 Å². The van der Waals surface area contributed by atoms with Crippen molar-refractivity contribution >= 4 is 29.5 Å². The van der Waals surface area contributed by atoms with Crippen LogP contribution in [0.25, 0.3) is 0 Å². The topological polar surface area (TPSA) is 232 Å². The Hall–Kier alpha value is -5.02. The number of carbonyl (C=O) groups is 5. The molecule has 0 saturated carbocycles. The molecule has 3 aromatic heterocycles. The molecule has 3 aromatic rings. The number of H-pyrrole nitrogens is 3. The number of aromatic nitrogens is 6. The number of aromatic amines is 3. The third kappa shape index (κ3) is 9.10. The van der Waals surface area contributed by atoms with E-state index >= 15 is 0 Å². The highest BCUT2D eigenvalue weighted by molar-refractivity contribution is 5.94. The molecular formula is C23H31N11O5. The summed E-state index contributed by atoms with van der Waals surface area (Å²) in [5, 5.41) is 12.8. The van der Waals surface area contributed by atoms with Crippen LogP contribution < -0.4 is 26.6 Å². The zero-order valence-corrected chi connectivity index (χ0v) is 21.4. The average molecular weight is 542 g/mol. The van der Waals surface area contributed by atoms with E-state index in [2.05, 4.69) is 56.5 Å². The van der Waals surface area contributed by atoms with E-state index in [-0.39, 0.29) is 19.3 Å². The van der Waals surface area contributed by atoms with E-state index in [0.717, 1.165) is 0 Å². The third-order valence-corrected chi connectivity index (χ3v) is 5.58. The van der Waals surface area contributed by atoms with Gasteiger partial charge in [-0.05, 0) is 0 Å².